The van der Waals surface area contributed by atoms with E-state index in [0.717, 1.165) is 29.3 Å². The minimum absolute atomic E-state index is 0.0213. The van der Waals surface area contributed by atoms with Crippen LogP contribution in [-0.2, 0) is 4.79 Å². The van der Waals surface area contributed by atoms with Gasteiger partial charge in [-0.05, 0) is 18.6 Å². The fourth-order valence-electron chi connectivity index (χ4n) is 2.37. The van der Waals surface area contributed by atoms with E-state index in [2.05, 4.69) is 22.3 Å². The predicted molar refractivity (Wildman–Crippen MR) is 68.3 cm³/mol. The van der Waals surface area contributed by atoms with Crippen LogP contribution in [0.1, 0.15) is 5.56 Å². The Hall–Kier alpha value is -1.16. The molecular weight excluding hydrogens is 220 g/mol. The number of hydrogen-bond donors (Lipinski definition) is 1. The minimum atomic E-state index is 0.0213. The molecular formula is C12H14N2OS. The van der Waals surface area contributed by atoms with Crippen molar-refractivity contribution >= 4 is 29.0 Å². The number of nitrogens with one attached hydrogen (secondary N) is 1. The first-order valence-corrected chi connectivity index (χ1v) is 6.68. The third-order valence-corrected chi connectivity index (χ3v) is 4.26. The topological polar surface area (TPSA) is 32.3 Å². The first kappa shape index (κ1) is 10.0. The highest BCUT2D eigenvalue weighted by Crippen LogP contribution is 2.36. The van der Waals surface area contributed by atoms with E-state index in [1.165, 1.54) is 5.69 Å². The SMILES string of the molecule is Cc1cccc2c1NC(=O)C1CSCCN21. The van der Waals surface area contributed by atoms with Crippen LogP contribution in [0.15, 0.2) is 18.2 Å². The maximum atomic E-state index is 12.0. The van der Waals surface area contributed by atoms with Gasteiger partial charge in [0, 0.05) is 18.1 Å². The highest BCUT2D eigenvalue weighted by Gasteiger charge is 2.35. The Morgan fingerprint density at radius 2 is 2.38 bits per heavy atom. The van der Waals surface area contributed by atoms with Crippen LogP contribution in [0, 0.1) is 6.92 Å². The smallest absolute Gasteiger partial charge is 0.248 e. The molecule has 0 aliphatic carbocycles. The Kier molecular flexibility index (Phi) is 2.32. The zero-order valence-electron chi connectivity index (χ0n) is 9.19. The van der Waals surface area contributed by atoms with Crippen molar-refractivity contribution in [1.29, 1.82) is 0 Å². The molecule has 2 heterocycles. The minimum Gasteiger partial charge on any atom is -0.356 e. The molecule has 0 saturated carbocycles. The second-order valence-corrected chi connectivity index (χ2v) is 5.39. The molecule has 1 atom stereocenters. The number of para-hydroxylation sites is 1. The number of rotatable bonds is 0. The van der Waals surface area contributed by atoms with Gasteiger partial charge in [-0.1, -0.05) is 12.1 Å². The molecule has 1 aromatic rings. The van der Waals surface area contributed by atoms with Gasteiger partial charge in [0.2, 0.25) is 5.91 Å². The summed E-state index contributed by atoms with van der Waals surface area (Å²) in [4.78, 5) is 14.2. The number of nitrogens with zero attached hydrogens (tertiary/aromatic N) is 1. The second-order valence-electron chi connectivity index (χ2n) is 4.24. The molecule has 1 amide bonds. The molecule has 4 heteroatoms. The van der Waals surface area contributed by atoms with Crippen molar-refractivity contribution < 1.29 is 4.79 Å². The Balaban J connectivity index is 2.10. The Morgan fingerprint density at radius 1 is 1.50 bits per heavy atom. The van der Waals surface area contributed by atoms with Gasteiger partial charge < -0.3 is 10.2 Å². The van der Waals surface area contributed by atoms with Crippen molar-refractivity contribution in [1.82, 2.24) is 0 Å². The van der Waals surface area contributed by atoms with Crippen molar-refractivity contribution in [3.8, 4) is 0 Å². The summed E-state index contributed by atoms with van der Waals surface area (Å²) in [5, 5.41) is 3.03. The summed E-state index contributed by atoms with van der Waals surface area (Å²) in [6.07, 6.45) is 0. The molecule has 2 aliphatic rings. The number of fused-ring (bicyclic) bond motifs is 3. The van der Waals surface area contributed by atoms with Crippen LogP contribution < -0.4 is 10.2 Å². The van der Waals surface area contributed by atoms with Gasteiger partial charge in [0.05, 0.1) is 11.4 Å². The standard InChI is InChI=1S/C12H14N2OS/c1-8-3-2-4-9-11(8)13-12(15)10-7-16-6-5-14(9)10/h2-4,10H,5-7H2,1H3,(H,13,15). The van der Waals surface area contributed by atoms with Gasteiger partial charge in [-0.3, -0.25) is 4.79 Å². The molecule has 16 heavy (non-hydrogen) atoms. The summed E-state index contributed by atoms with van der Waals surface area (Å²) in [5.74, 6) is 2.16. The monoisotopic (exact) mass is 234 g/mol. The van der Waals surface area contributed by atoms with Crippen LogP contribution in [0.5, 0.6) is 0 Å². The Labute approximate surface area is 99.2 Å². The van der Waals surface area contributed by atoms with Crippen molar-refractivity contribution in [2.24, 2.45) is 0 Å². The maximum Gasteiger partial charge on any atom is 0.248 e. The van der Waals surface area contributed by atoms with E-state index in [4.69, 9.17) is 0 Å². The highest BCUT2D eigenvalue weighted by atomic mass is 32.2. The van der Waals surface area contributed by atoms with Crippen LogP contribution >= 0.6 is 11.8 Å². The molecule has 84 valence electrons. The summed E-state index contributed by atoms with van der Waals surface area (Å²) < 4.78 is 0. The number of benzene rings is 1. The molecule has 1 saturated heterocycles. The van der Waals surface area contributed by atoms with Gasteiger partial charge in [0.15, 0.2) is 0 Å². The molecule has 3 nitrogen and oxygen atoms in total. The van der Waals surface area contributed by atoms with E-state index in [1.807, 2.05) is 24.8 Å². The van der Waals surface area contributed by atoms with Crippen LogP contribution in [0.25, 0.3) is 0 Å². The van der Waals surface area contributed by atoms with Crippen molar-refractivity contribution in [2.45, 2.75) is 13.0 Å². The molecule has 0 radical (unpaired) electrons. The molecule has 0 aromatic heterocycles. The Bertz CT molecular complexity index is 447. The van der Waals surface area contributed by atoms with Crippen LogP contribution in [0.3, 0.4) is 0 Å². The molecule has 3 rings (SSSR count). The number of hydrogen-bond acceptors (Lipinski definition) is 3. The Morgan fingerprint density at radius 3 is 3.25 bits per heavy atom. The van der Waals surface area contributed by atoms with E-state index in [1.54, 1.807) is 0 Å². The van der Waals surface area contributed by atoms with Crippen molar-refractivity contribution in [3.05, 3.63) is 23.8 Å². The number of anilines is 2. The van der Waals surface area contributed by atoms with E-state index in [9.17, 15) is 4.79 Å². The third-order valence-electron chi connectivity index (χ3n) is 3.24. The third kappa shape index (κ3) is 1.40. The molecule has 0 bridgehead atoms. The van der Waals surface area contributed by atoms with Gasteiger partial charge in [-0.15, -0.1) is 0 Å². The molecule has 0 spiro atoms. The quantitative estimate of drug-likeness (QED) is 0.744. The first-order valence-electron chi connectivity index (χ1n) is 5.52. The molecule has 1 aromatic carbocycles. The van der Waals surface area contributed by atoms with Crippen molar-refractivity contribution in [3.63, 3.8) is 0 Å². The molecule has 1 unspecified atom stereocenters. The maximum absolute atomic E-state index is 12.0. The lowest BCUT2D eigenvalue weighted by Crippen LogP contribution is -2.52. The van der Waals surface area contributed by atoms with Gasteiger partial charge >= 0.3 is 0 Å². The van der Waals surface area contributed by atoms with Crippen LogP contribution in [0.4, 0.5) is 11.4 Å². The predicted octanol–water partition coefficient (Wildman–Crippen LogP) is 1.87. The van der Waals surface area contributed by atoms with Crippen LogP contribution in [-0.4, -0.2) is 30.0 Å². The highest BCUT2D eigenvalue weighted by molar-refractivity contribution is 7.99. The summed E-state index contributed by atoms with van der Waals surface area (Å²) in [6.45, 7) is 3.01. The number of carbonyl (C=O) groups excluding carboxylic acids is 1. The lowest BCUT2D eigenvalue weighted by atomic mass is 10.1. The average molecular weight is 234 g/mol. The van der Waals surface area contributed by atoms with Gasteiger partial charge in [-0.25, -0.2) is 0 Å². The summed E-state index contributed by atoms with van der Waals surface area (Å²) in [6, 6.07) is 6.22. The zero-order valence-corrected chi connectivity index (χ0v) is 10.0. The zero-order chi connectivity index (χ0) is 11.1. The van der Waals surface area contributed by atoms with Gasteiger partial charge in [0.25, 0.3) is 0 Å². The molecule has 1 N–H and O–H groups in total. The first-order chi connectivity index (χ1) is 7.77. The normalized spacial score (nSPS) is 23.4. The second kappa shape index (κ2) is 3.70. The number of thioether (sulfide) groups is 1. The van der Waals surface area contributed by atoms with E-state index in [-0.39, 0.29) is 11.9 Å². The lowest BCUT2D eigenvalue weighted by Gasteiger charge is -2.41. The fraction of sp³-hybridized carbons (Fsp3) is 0.417. The largest absolute Gasteiger partial charge is 0.356 e. The van der Waals surface area contributed by atoms with Crippen LogP contribution in [0.2, 0.25) is 0 Å². The summed E-state index contributed by atoms with van der Waals surface area (Å²) in [7, 11) is 0. The fourth-order valence-corrected chi connectivity index (χ4v) is 3.42. The number of carbonyl (C=O) groups is 1. The van der Waals surface area contributed by atoms with Crippen molar-refractivity contribution in [2.75, 3.05) is 28.3 Å². The lowest BCUT2D eigenvalue weighted by molar-refractivity contribution is -0.117. The molecule has 1 fully saturated rings. The van der Waals surface area contributed by atoms with Gasteiger partial charge in [-0.2, -0.15) is 11.8 Å². The number of amides is 1. The van der Waals surface area contributed by atoms with E-state index < -0.39 is 0 Å². The molecule has 2 aliphatic heterocycles. The summed E-state index contributed by atoms with van der Waals surface area (Å²) in [5.41, 5.74) is 3.32. The number of aryl methyl sites for hydroxylation is 1. The average Bonchev–Trinajstić information content (AvgIpc) is 2.31. The summed E-state index contributed by atoms with van der Waals surface area (Å²) >= 11 is 1.86. The van der Waals surface area contributed by atoms with E-state index >= 15 is 0 Å². The van der Waals surface area contributed by atoms with E-state index in [0.29, 0.717) is 0 Å². The van der Waals surface area contributed by atoms with Gasteiger partial charge in [0.1, 0.15) is 6.04 Å².